The highest BCUT2D eigenvalue weighted by molar-refractivity contribution is 6.30. The van der Waals surface area contributed by atoms with Crippen molar-refractivity contribution in [1.29, 1.82) is 0 Å². The molecule has 0 aliphatic carbocycles. The lowest BCUT2D eigenvalue weighted by Gasteiger charge is -2.22. The van der Waals surface area contributed by atoms with Crippen LogP contribution in [-0.2, 0) is 4.79 Å². The molecule has 3 nitrogen and oxygen atoms in total. The SMILES string of the molecule is CN1CC(c2cc(F)c(F)cc2NC=O)C(c2cccc(Cl)c2F)C1. The van der Waals surface area contributed by atoms with Crippen LogP contribution in [0.1, 0.15) is 23.0 Å². The second-order valence-corrected chi connectivity index (χ2v) is 6.60. The highest BCUT2D eigenvalue weighted by Gasteiger charge is 2.36. The molecular formula is C18H16ClF3N2O. The van der Waals surface area contributed by atoms with Gasteiger partial charge in [0.25, 0.3) is 0 Å². The molecule has 3 rings (SSSR count). The van der Waals surface area contributed by atoms with Gasteiger partial charge >= 0.3 is 0 Å². The Balaban J connectivity index is 2.10. The number of anilines is 1. The summed E-state index contributed by atoms with van der Waals surface area (Å²) < 4.78 is 41.9. The van der Waals surface area contributed by atoms with Crippen molar-refractivity contribution in [3.63, 3.8) is 0 Å². The zero-order valence-electron chi connectivity index (χ0n) is 13.4. The van der Waals surface area contributed by atoms with Crippen molar-refractivity contribution >= 4 is 23.7 Å². The minimum atomic E-state index is -1.05. The number of hydrogen-bond acceptors (Lipinski definition) is 2. The van der Waals surface area contributed by atoms with Crippen LogP contribution < -0.4 is 5.32 Å². The van der Waals surface area contributed by atoms with E-state index in [1.807, 2.05) is 11.9 Å². The second-order valence-electron chi connectivity index (χ2n) is 6.19. The van der Waals surface area contributed by atoms with Crippen LogP contribution in [0.5, 0.6) is 0 Å². The van der Waals surface area contributed by atoms with Crippen molar-refractivity contribution in [1.82, 2.24) is 4.90 Å². The molecule has 1 N–H and O–H groups in total. The molecule has 1 amide bonds. The Bertz CT molecular complexity index is 815. The summed E-state index contributed by atoms with van der Waals surface area (Å²) >= 11 is 5.89. The lowest BCUT2D eigenvalue weighted by molar-refractivity contribution is -0.105. The summed E-state index contributed by atoms with van der Waals surface area (Å²) in [6.45, 7) is 1.04. The molecule has 1 fully saturated rings. The Hall–Kier alpha value is -2.05. The first-order valence-electron chi connectivity index (χ1n) is 7.74. The van der Waals surface area contributed by atoms with Gasteiger partial charge in [-0.1, -0.05) is 23.7 Å². The first-order valence-corrected chi connectivity index (χ1v) is 8.11. The van der Waals surface area contributed by atoms with Crippen LogP contribution >= 0.6 is 11.6 Å². The van der Waals surface area contributed by atoms with E-state index in [1.54, 1.807) is 12.1 Å². The Kier molecular flexibility index (Phi) is 5.01. The van der Waals surface area contributed by atoms with Crippen LogP contribution in [0.25, 0.3) is 0 Å². The average Bonchev–Trinajstić information content (AvgIpc) is 2.95. The number of halogens is 4. The van der Waals surface area contributed by atoms with Crippen molar-refractivity contribution in [2.24, 2.45) is 0 Å². The molecule has 1 aliphatic heterocycles. The van der Waals surface area contributed by atoms with Crippen LogP contribution in [0.4, 0.5) is 18.9 Å². The Morgan fingerprint density at radius 1 is 1.12 bits per heavy atom. The largest absolute Gasteiger partial charge is 0.328 e. The minimum Gasteiger partial charge on any atom is -0.328 e. The summed E-state index contributed by atoms with van der Waals surface area (Å²) in [4.78, 5) is 12.8. The summed E-state index contributed by atoms with van der Waals surface area (Å²) in [5.41, 5.74) is 1.03. The number of nitrogens with one attached hydrogen (secondary N) is 1. The van der Waals surface area contributed by atoms with E-state index in [0.29, 0.717) is 30.6 Å². The summed E-state index contributed by atoms with van der Waals surface area (Å²) in [5.74, 6) is -3.20. The summed E-state index contributed by atoms with van der Waals surface area (Å²) in [5, 5.41) is 2.42. The molecule has 25 heavy (non-hydrogen) atoms. The zero-order valence-corrected chi connectivity index (χ0v) is 14.2. The lowest BCUT2D eigenvalue weighted by atomic mass is 9.83. The fraction of sp³-hybridized carbons (Fsp3) is 0.278. The van der Waals surface area contributed by atoms with Gasteiger partial charge in [0.1, 0.15) is 5.82 Å². The minimum absolute atomic E-state index is 0.0160. The van der Waals surface area contributed by atoms with Gasteiger partial charge in [0.2, 0.25) is 6.41 Å². The molecule has 2 aromatic carbocycles. The predicted octanol–water partition coefficient (Wildman–Crippen LogP) is 4.14. The van der Waals surface area contributed by atoms with E-state index in [-0.39, 0.29) is 22.5 Å². The molecule has 0 aromatic heterocycles. The zero-order chi connectivity index (χ0) is 18.1. The lowest BCUT2D eigenvalue weighted by Crippen LogP contribution is -2.14. The smallest absolute Gasteiger partial charge is 0.211 e. The van der Waals surface area contributed by atoms with E-state index >= 15 is 0 Å². The molecule has 2 unspecified atom stereocenters. The number of carbonyl (C=O) groups is 1. The number of hydrogen-bond donors (Lipinski definition) is 1. The van der Waals surface area contributed by atoms with Crippen LogP contribution in [0.15, 0.2) is 30.3 Å². The van der Waals surface area contributed by atoms with Crippen molar-refractivity contribution in [3.8, 4) is 0 Å². The number of nitrogens with zero attached hydrogens (tertiary/aromatic N) is 1. The van der Waals surface area contributed by atoms with E-state index in [9.17, 15) is 18.0 Å². The average molecular weight is 369 g/mol. The standard InChI is InChI=1S/C18H16ClF3N2O/c1-24-7-12(10-3-2-4-14(19)18(10)22)13(8-24)11-5-15(20)16(21)6-17(11)23-9-25/h2-6,9,12-13H,7-8H2,1H3,(H,23,25). The summed E-state index contributed by atoms with van der Waals surface area (Å²) in [6, 6.07) is 6.78. The third-order valence-corrected chi connectivity index (χ3v) is 4.88. The summed E-state index contributed by atoms with van der Waals surface area (Å²) in [7, 11) is 1.86. The molecule has 0 bridgehead atoms. The number of benzene rings is 2. The summed E-state index contributed by atoms with van der Waals surface area (Å²) in [6.07, 6.45) is 0.407. The molecule has 0 saturated carbocycles. The quantitative estimate of drug-likeness (QED) is 0.823. The Labute approximate surface area is 148 Å². The molecule has 7 heteroatoms. The van der Waals surface area contributed by atoms with E-state index in [4.69, 9.17) is 11.6 Å². The highest BCUT2D eigenvalue weighted by atomic mass is 35.5. The van der Waals surface area contributed by atoms with Gasteiger partial charge in [-0.05, 0) is 30.3 Å². The maximum atomic E-state index is 14.5. The molecule has 1 aliphatic rings. The predicted molar refractivity (Wildman–Crippen MR) is 90.4 cm³/mol. The number of rotatable bonds is 4. The van der Waals surface area contributed by atoms with Gasteiger partial charge < -0.3 is 10.2 Å². The normalized spacial score (nSPS) is 20.7. The topological polar surface area (TPSA) is 32.3 Å². The van der Waals surface area contributed by atoms with Gasteiger partial charge in [0, 0.05) is 36.7 Å². The van der Waals surface area contributed by atoms with Gasteiger partial charge in [-0.25, -0.2) is 13.2 Å². The van der Waals surface area contributed by atoms with E-state index in [0.717, 1.165) is 12.1 Å². The fourth-order valence-electron chi connectivity index (χ4n) is 3.50. The van der Waals surface area contributed by atoms with Crippen LogP contribution in [0.3, 0.4) is 0 Å². The number of likely N-dealkylation sites (tertiary alicyclic amines) is 1. The number of likely N-dealkylation sites (N-methyl/N-ethyl adjacent to an activating group) is 1. The first-order chi connectivity index (χ1) is 11.9. The van der Waals surface area contributed by atoms with Crippen molar-refractivity contribution < 1.29 is 18.0 Å². The molecule has 1 saturated heterocycles. The molecule has 1 heterocycles. The van der Waals surface area contributed by atoms with Crippen molar-refractivity contribution in [2.75, 3.05) is 25.5 Å². The molecular weight excluding hydrogens is 353 g/mol. The van der Waals surface area contributed by atoms with E-state index in [1.165, 1.54) is 6.07 Å². The molecule has 0 spiro atoms. The van der Waals surface area contributed by atoms with Gasteiger partial charge in [-0.15, -0.1) is 0 Å². The monoisotopic (exact) mass is 368 g/mol. The number of carbonyl (C=O) groups excluding carboxylic acids is 1. The molecule has 2 aromatic rings. The van der Waals surface area contributed by atoms with E-state index in [2.05, 4.69) is 5.32 Å². The van der Waals surface area contributed by atoms with Gasteiger partial charge in [0.15, 0.2) is 11.6 Å². The fourth-order valence-corrected chi connectivity index (χ4v) is 3.68. The maximum absolute atomic E-state index is 14.5. The third-order valence-electron chi connectivity index (χ3n) is 4.59. The van der Waals surface area contributed by atoms with Crippen LogP contribution in [-0.4, -0.2) is 31.4 Å². The maximum Gasteiger partial charge on any atom is 0.211 e. The molecule has 0 radical (unpaired) electrons. The Morgan fingerprint density at radius 2 is 1.76 bits per heavy atom. The van der Waals surface area contributed by atoms with Crippen molar-refractivity contribution in [3.05, 3.63) is 63.9 Å². The highest BCUT2D eigenvalue weighted by Crippen LogP contribution is 2.43. The second kappa shape index (κ2) is 7.06. The molecule has 2 atom stereocenters. The third kappa shape index (κ3) is 3.37. The Morgan fingerprint density at radius 3 is 2.44 bits per heavy atom. The van der Waals surface area contributed by atoms with Crippen molar-refractivity contribution in [2.45, 2.75) is 11.8 Å². The van der Waals surface area contributed by atoms with Crippen LogP contribution in [0, 0.1) is 17.5 Å². The van der Waals surface area contributed by atoms with Gasteiger partial charge in [-0.2, -0.15) is 0 Å². The van der Waals surface area contributed by atoms with Gasteiger partial charge in [0.05, 0.1) is 5.02 Å². The van der Waals surface area contributed by atoms with Crippen LogP contribution in [0.2, 0.25) is 5.02 Å². The van der Waals surface area contributed by atoms with Gasteiger partial charge in [-0.3, -0.25) is 4.79 Å². The molecule has 132 valence electrons. The number of amides is 1. The first kappa shape index (κ1) is 17.8. The van der Waals surface area contributed by atoms with E-state index < -0.39 is 17.5 Å².